The van der Waals surface area contributed by atoms with E-state index in [2.05, 4.69) is 29.7 Å². The van der Waals surface area contributed by atoms with E-state index < -0.39 is 0 Å². The Hall–Kier alpha value is -0.860. The van der Waals surface area contributed by atoms with E-state index in [-0.39, 0.29) is 0 Å². The number of nitrogens with two attached hydrogens (primary N) is 1. The number of rotatable bonds is 5. The van der Waals surface area contributed by atoms with Crippen LogP contribution in [-0.4, -0.2) is 0 Å². The standard InChI is InChI=1S/C16H24N2/c17-18-16(11-12-3-1-4-12)15-9-7-14(8-10-15)13-5-2-6-13/h7-10,12-13,16,18H,1-6,11,17H2. The molecule has 0 radical (unpaired) electrons. The van der Waals surface area contributed by atoms with Gasteiger partial charge in [-0.2, -0.15) is 0 Å². The average Bonchev–Trinajstić information content (AvgIpc) is 2.27. The molecule has 0 heterocycles. The molecule has 18 heavy (non-hydrogen) atoms. The van der Waals surface area contributed by atoms with Gasteiger partial charge in [-0.1, -0.05) is 49.9 Å². The van der Waals surface area contributed by atoms with Gasteiger partial charge in [0, 0.05) is 6.04 Å². The van der Waals surface area contributed by atoms with Crippen molar-refractivity contribution in [3.8, 4) is 0 Å². The number of benzene rings is 1. The lowest BCUT2D eigenvalue weighted by Gasteiger charge is -2.30. The lowest BCUT2D eigenvalue weighted by atomic mass is 9.78. The molecule has 1 unspecified atom stereocenters. The van der Waals surface area contributed by atoms with E-state index in [1.165, 1.54) is 56.1 Å². The molecule has 2 aliphatic rings. The highest BCUT2D eigenvalue weighted by Crippen LogP contribution is 2.38. The first-order valence-electron chi connectivity index (χ1n) is 7.43. The lowest BCUT2D eigenvalue weighted by molar-refractivity contribution is 0.262. The van der Waals surface area contributed by atoms with Crippen molar-refractivity contribution in [2.75, 3.05) is 0 Å². The SMILES string of the molecule is NNC(CC1CCC1)c1ccc(C2CCC2)cc1. The van der Waals surface area contributed by atoms with Crippen molar-refractivity contribution in [3.05, 3.63) is 35.4 Å². The van der Waals surface area contributed by atoms with E-state index >= 15 is 0 Å². The highest BCUT2D eigenvalue weighted by atomic mass is 15.2. The molecule has 0 saturated heterocycles. The van der Waals surface area contributed by atoms with Crippen LogP contribution in [0.4, 0.5) is 0 Å². The van der Waals surface area contributed by atoms with Crippen LogP contribution in [0, 0.1) is 5.92 Å². The minimum Gasteiger partial charge on any atom is -0.271 e. The van der Waals surface area contributed by atoms with Crippen LogP contribution in [0.2, 0.25) is 0 Å². The van der Waals surface area contributed by atoms with Crippen LogP contribution in [0.5, 0.6) is 0 Å². The Labute approximate surface area is 110 Å². The summed E-state index contributed by atoms with van der Waals surface area (Å²) in [5, 5.41) is 0. The second-order valence-corrected chi connectivity index (χ2v) is 6.05. The summed E-state index contributed by atoms with van der Waals surface area (Å²) in [6.07, 6.45) is 9.53. The van der Waals surface area contributed by atoms with Gasteiger partial charge in [0.1, 0.15) is 0 Å². The summed E-state index contributed by atoms with van der Waals surface area (Å²) < 4.78 is 0. The predicted octanol–water partition coefficient (Wildman–Crippen LogP) is 3.65. The Morgan fingerprint density at radius 1 is 1.06 bits per heavy atom. The first kappa shape index (κ1) is 12.2. The van der Waals surface area contributed by atoms with Crippen LogP contribution in [0.15, 0.2) is 24.3 Å². The Morgan fingerprint density at radius 3 is 2.17 bits per heavy atom. The molecule has 3 rings (SSSR count). The van der Waals surface area contributed by atoms with Crippen molar-refractivity contribution in [3.63, 3.8) is 0 Å². The lowest BCUT2D eigenvalue weighted by Crippen LogP contribution is -2.31. The van der Waals surface area contributed by atoms with Gasteiger partial charge in [0.2, 0.25) is 0 Å². The maximum Gasteiger partial charge on any atom is 0.0462 e. The molecule has 98 valence electrons. The first-order chi connectivity index (χ1) is 8.86. The summed E-state index contributed by atoms with van der Waals surface area (Å²) in [5.74, 6) is 7.43. The van der Waals surface area contributed by atoms with Gasteiger partial charge in [-0.25, -0.2) is 0 Å². The molecule has 1 aromatic rings. The third-order valence-electron chi connectivity index (χ3n) is 4.91. The molecule has 1 aromatic carbocycles. The fraction of sp³-hybridized carbons (Fsp3) is 0.625. The minimum absolute atomic E-state index is 0.339. The third-order valence-corrected chi connectivity index (χ3v) is 4.91. The van der Waals surface area contributed by atoms with Gasteiger partial charge in [-0.3, -0.25) is 11.3 Å². The molecule has 2 aliphatic carbocycles. The van der Waals surface area contributed by atoms with Crippen LogP contribution in [0.3, 0.4) is 0 Å². The van der Waals surface area contributed by atoms with E-state index in [1.54, 1.807) is 0 Å². The predicted molar refractivity (Wildman–Crippen MR) is 75.1 cm³/mol. The number of hydrazine groups is 1. The minimum atomic E-state index is 0.339. The second-order valence-electron chi connectivity index (χ2n) is 6.05. The molecule has 2 saturated carbocycles. The van der Waals surface area contributed by atoms with Gasteiger partial charge < -0.3 is 0 Å². The van der Waals surface area contributed by atoms with Crippen molar-refractivity contribution in [2.24, 2.45) is 11.8 Å². The molecule has 2 nitrogen and oxygen atoms in total. The van der Waals surface area contributed by atoms with Crippen molar-refractivity contribution in [1.29, 1.82) is 0 Å². The summed E-state index contributed by atoms with van der Waals surface area (Å²) in [5.41, 5.74) is 5.87. The van der Waals surface area contributed by atoms with E-state index in [4.69, 9.17) is 5.84 Å². The zero-order valence-corrected chi connectivity index (χ0v) is 11.1. The quantitative estimate of drug-likeness (QED) is 0.613. The number of hydrogen-bond acceptors (Lipinski definition) is 2. The summed E-state index contributed by atoms with van der Waals surface area (Å²) >= 11 is 0. The molecule has 2 fully saturated rings. The highest BCUT2D eigenvalue weighted by molar-refractivity contribution is 5.28. The van der Waals surface area contributed by atoms with Crippen molar-refractivity contribution in [2.45, 2.75) is 56.9 Å². The van der Waals surface area contributed by atoms with Crippen LogP contribution in [0.1, 0.15) is 68.0 Å². The number of hydrogen-bond donors (Lipinski definition) is 2. The average molecular weight is 244 g/mol. The fourth-order valence-corrected chi connectivity index (χ4v) is 3.10. The fourth-order valence-electron chi connectivity index (χ4n) is 3.10. The van der Waals surface area contributed by atoms with E-state index in [0.717, 1.165) is 11.8 Å². The maximum atomic E-state index is 5.72. The number of nitrogens with one attached hydrogen (secondary N) is 1. The topological polar surface area (TPSA) is 38.0 Å². The Balaban J connectivity index is 1.65. The van der Waals surface area contributed by atoms with Gasteiger partial charge in [0.05, 0.1) is 0 Å². The van der Waals surface area contributed by atoms with Crippen molar-refractivity contribution < 1.29 is 0 Å². The smallest absolute Gasteiger partial charge is 0.0462 e. The van der Waals surface area contributed by atoms with E-state index in [9.17, 15) is 0 Å². The molecular weight excluding hydrogens is 220 g/mol. The second kappa shape index (κ2) is 5.41. The van der Waals surface area contributed by atoms with Gasteiger partial charge in [-0.15, -0.1) is 0 Å². The largest absolute Gasteiger partial charge is 0.271 e. The summed E-state index contributed by atoms with van der Waals surface area (Å²) in [6, 6.07) is 9.51. The van der Waals surface area contributed by atoms with Gasteiger partial charge in [-0.05, 0) is 42.2 Å². The third kappa shape index (κ3) is 2.45. The van der Waals surface area contributed by atoms with Crippen LogP contribution < -0.4 is 11.3 Å². The zero-order valence-electron chi connectivity index (χ0n) is 11.1. The molecular formula is C16H24N2. The Bertz CT molecular complexity index is 377. The molecule has 2 heteroatoms. The zero-order chi connectivity index (χ0) is 12.4. The summed E-state index contributed by atoms with van der Waals surface area (Å²) in [4.78, 5) is 0. The molecule has 0 amide bonds. The molecule has 0 aliphatic heterocycles. The van der Waals surface area contributed by atoms with Crippen molar-refractivity contribution in [1.82, 2.24) is 5.43 Å². The molecule has 0 bridgehead atoms. The normalized spacial score (nSPS) is 22.3. The van der Waals surface area contributed by atoms with Gasteiger partial charge >= 0.3 is 0 Å². The first-order valence-corrected chi connectivity index (χ1v) is 7.43. The molecule has 1 atom stereocenters. The van der Waals surface area contributed by atoms with Crippen molar-refractivity contribution >= 4 is 0 Å². The molecule has 0 spiro atoms. The monoisotopic (exact) mass is 244 g/mol. The van der Waals surface area contributed by atoms with Gasteiger partial charge in [0.15, 0.2) is 0 Å². The summed E-state index contributed by atoms with van der Waals surface area (Å²) in [7, 11) is 0. The Kier molecular flexibility index (Phi) is 3.67. The van der Waals surface area contributed by atoms with Crippen LogP contribution >= 0.6 is 0 Å². The van der Waals surface area contributed by atoms with Crippen LogP contribution in [0.25, 0.3) is 0 Å². The van der Waals surface area contributed by atoms with Gasteiger partial charge in [0.25, 0.3) is 0 Å². The van der Waals surface area contributed by atoms with E-state index in [0.29, 0.717) is 6.04 Å². The van der Waals surface area contributed by atoms with Crippen LogP contribution in [-0.2, 0) is 0 Å². The molecule has 3 N–H and O–H groups in total. The highest BCUT2D eigenvalue weighted by Gasteiger charge is 2.23. The molecule has 0 aromatic heterocycles. The Morgan fingerprint density at radius 2 is 1.72 bits per heavy atom. The maximum absolute atomic E-state index is 5.72. The summed E-state index contributed by atoms with van der Waals surface area (Å²) in [6.45, 7) is 0. The van der Waals surface area contributed by atoms with E-state index in [1.807, 2.05) is 0 Å².